The Bertz CT molecular complexity index is 1570. The second kappa shape index (κ2) is 14.1. The summed E-state index contributed by atoms with van der Waals surface area (Å²) in [5.41, 5.74) is 6.42. The lowest BCUT2D eigenvalue weighted by Crippen LogP contribution is -2.40. The first kappa shape index (κ1) is 32.6. The van der Waals surface area contributed by atoms with Crippen LogP contribution >= 0.6 is 35.0 Å². The first-order chi connectivity index (χ1) is 21.5. The predicted octanol–water partition coefficient (Wildman–Crippen LogP) is 5.16. The van der Waals surface area contributed by atoms with Gasteiger partial charge in [0.1, 0.15) is 16.1 Å². The summed E-state index contributed by atoms with van der Waals surface area (Å²) < 4.78 is 43.2. The van der Waals surface area contributed by atoms with Gasteiger partial charge in [0, 0.05) is 35.4 Å². The minimum Gasteiger partial charge on any atom is -0.619 e. The fourth-order valence-electron chi connectivity index (χ4n) is 4.68. The van der Waals surface area contributed by atoms with Crippen molar-refractivity contribution in [2.75, 3.05) is 18.9 Å². The average molecular weight is 683 g/mol. The Labute approximate surface area is 270 Å². The maximum atomic E-state index is 13.7. The number of esters is 1. The molecule has 0 radical (unpaired) electrons. The third-order valence-electron chi connectivity index (χ3n) is 7.20. The summed E-state index contributed by atoms with van der Waals surface area (Å²) in [6.45, 7) is -2.54. The van der Waals surface area contributed by atoms with Crippen LogP contribution in [0.5, 0.6) is 11.5 Å². The normalized spacial score (nSPS) is 16.8. The number of primary amides is 1. The monoisotopic (exact) mass is 681 g/mol. The van der Waals surface area contributed by atoms with Crippen LogP contribution in [0.2, 0.25) is 10.0 Å². The Balaban J connectivity index is 1.43. The number of amides is 2. The fraction of sp³-hybridized carbons (Fsp3) is 0.333. The Hall–Kier alpha value is -3.81. The van der Waals surface area contributed by atoms with Gasteiger partial charge in [0.15, 0.2) is 29.3 Å². The van der Waals surface area contributed by atoms with Crippen molar-refractivity contribution >= 4 is 52.7 Å². The number of carbonyl (C=O) groups is 3. The van der Waals surface area contributed by atoms with Gasteiger partial charge in [-0.2, -0.15) is 13.5 Å². The van der Waals surface area contributed by atoms with Crippen molar-refractivity contribution in [2.45, 2.75) is 37.4 Å². The number of thioether (sulfide) groups is 1. The zero-order valence-electron chi connectivity index (χ0n) is 23.5. The summed E-state index contributed by atoms with van der Waals surface area (Å²) in [6.07, 6.45) is 2.93. The van der Waals surface area contributed by atoms with Gasteiger partial charge in [-0.1, -0.05) is 29.3 Å². The molecule has 0 bridgehead atoms. The number of rotatable bonds is 12. The van der Waals surface area contributed by atoms with E-state index in [1.54, 1.807) is 0 Å². The number of halogens is 4. The van der Waals surface area contributed by atoms with Crippen molar-refractivity contribution in [2.24, 2.45) is 11.7 Å². The molecule has 10 nitrogen and oxygen atoms in total. The summed E-state index contributed by atoms with van der Waals surface area (Å²) in [7, 11) is 0. The second-order valence-electron chi connectivity index (χ2n) is 10.4. The van der Waals surface area contributed by atoms with Crippen molar-refractivity contribution in [1.82, 2.24) is 4.90 Å². The number of nitrogens with zero attached hydrogens (tertiary/aromatic N) is 2. The summed E-state index contributed by atoms with van der Waals surface area (Å²) in [6, 6.07) is 9.93. The predicted molar refractivity (Wildman–Crippen MR) is 161 cm³/mol. The third kappa shape index (κ3) is 8.08. The van der Waals surface area contributed by atoms with E-state index in [1.165, 1.54) is 59.1 Å². The minimum atomic E-state index is -3.09. The van der Waals surface area contributed by atoms with E-state index in [1.807, 2.05) is 0 Å². The van der Waals surface area contributed by atoms with E-state index in [0.717, 1.165) is 25.2 Å². The Kier molecular flexibility index (Phi) is 10.2. The summed E-state index contributed by atoms with van der Waals surface area (Å²) >= 11 is 13.9. The molecule has 238 valence electrons. The van der Waals surface area contributed by atoms with Crippen molar-refractivity contribution < 1.29 is 42.1 Å². The van der Waals surface area contributed by atoms with Gasteiger partial charge in [-0.15, -0.1) is 11.8 Å². The van der Waals surface area contributed by atoms with Crippen LogP contribution in [0.25, 0.3) is 0 Å². The Morgan fingerprint density at radius 3 is 2.33 bits per heavy atom. The van der Waals surface area contributed by atoms with Crippen molar-refractivity contribution in [3.63, 3.8) is 0 Å². The molecule has 2 heterocycles. The van der Waals surface area contributed by atoms with Crippen molar-refractivity contribution in [3.8, 4) is 11.5 Å². The molecule has 1 saturated carbocycles. The summed E-state index contributed by atoms with van der Waals surface area (Å²) in [4.78, 5) is 39.8. The van der Waals surface area contributed by atoms with Crippen molar-refractivity contribution in [3.05, 3.63) is 92.4 Å². The average Bonchev–Trinajstić information content (AvgIpc) is 3.69. The van der Waals surface area contributed by atoms with E-state index in [0.29, 0.717) is 34.1 Å². The molecule has 2 aromatic carbocycles. The van der Waals surface area contributed by atoms with Crippen LogP contribution in [-0.4, -0.2) is 53.6 Å². The van der Waals surface area contributed by atoms with Gasteiger partial charge in [-0.3, -0.25) is 9.59 Å². The van der Waals surface area contributed by atoms with Gasteiger partial charge in [-0.05, 0) is 60.7 Å². The molecule has 2 aliphatic rings. The largest absolute Gasteiger partial charge is 0.619 e. The molecule has 3 aromatic rings. The zero-order valence-corrected chi connectivity index (χ0v) is 25.8. The maximum Gasteiger partial charge on any atom is 0.387 e. The van der Waals surface area contributed by atoms with Crippen LogP contribution < -0.4 is 19.9 Å². The number of carbonyl (C=O) groups excluding carboxylic acids is 3. The Morgan fingerprint density at radius 2 is 1.71 bits per heavy atom. The van der Waals surface area contributed by atoms with Crippen molar-refractivity contribution in [1.29, 1.82) is 0 Å². The summed E-state index contributed by atoms with van der Waals surface area (Å²) in [5.74, 6) is -1.24. The molecule has 5 rings (SSSR count). The molecule has 45 heavy (non-hydrogen) atoms. The number of pyridine rings is 1. The maximum absolute atomic E-state index is 13.7. The number of ether oxygens (including phenoxy) is 3. The second-order valence-corrected chi connectivity index (χ2v) is 12.4. The first-order valence-corrected chi connectivity index (χ1v) is 15.6. The fourth-order valence-corrected chi connectivity index (χ4v) is 6.37. The van der Waals surface area contributed by atoms with Crippen LogP contribution in [-0.2, 0) is 16.0 Å². The van der Waals surface area contributed by atoms with E-state index in [4.69, 9.17) is 38.4 Å². The highest BCUT2D eigenvalue weighted by Gasteiger charge is 2.38. The molecular formula is C30H27Cl2F2N3O7S. The van der Waals surface area contributed by atoms with E-state index >= 15 is 0 Å². The molecule has 2 fully saturated rings. The topological polar surface area (TPSA) is 135 Å². The van der Waals surface area contributed by atoms with E-state index in [2.05, 4.69) is 4.74 Å². The molecule has 2 unspecified atom stereocenters. The lowest BCUT2D eigenvalue weighted by atomic mass is 10.0. The van der Waals surface area contributed by atoms with E-state index in [9.17, 15) is 28.4 Å². The highest BCUT2D eigenvalue weighted by Crippen LogP contribution is 2.38. The van der Waals surface area contributed by atoms with Gasteiger partial charge in [0.05, 0.1) is 6.61 Å². The van der Waals surface area contributed by atoms with Gasteiger partial charge in [0.2, 0.25) is 5.91 Å². The van der Waals surface area contributed by atoms with Crippen LogP contribution in [0.4, 0.5) is 8.78 Å². The highest BCUT2D eigenvalue weighted by molar-refractivity contribution is 8.00. The Morgan fingerprint density at radius 1 is 1.04 bits per heavy atom. The molecule has 15 heteroatoms. The molecular weight excluding hydrogens is 655 g/mol. The van der Waals surface area contributed by atoms with E-state index < -0.39 is 35.9 Å². The molecule has 2 N–H and O–H groups in total. The first-order valence-electron chi connectivity index (χ1n) is 13.8. The SMILES string of the molecule is NC(=O)c1ccc(C(=O)N2CCSC2C(=O)OC(Cc2c(Cl)c[n+]([O-])cc2Cl)c2ccc(OC(F)F)c(OCC3CC3)c2)cc1. The molecule has 1 aliphatic carbocycles. The number of hydrogen-bond donors (Lipinski definition) is 1. The van der Waals surface area contributed by atoms with Crippen LogP contribution in [0.15, 0.2) is 54.9 Å². The van der Waals surface area contributed by atoms with E-state index in [-0.39, 0.29) is 45.6 Å². The number of alkyl halides is 2. The minimum absolute atomic E-state index is 0.0212. The van der Waals surface area contributed by atoms with Gasteiger partial charge >= 0.3 is 12.6 Å². The lowest BCUT2D eigenvalue weighted by Gasteiger charge is -2.26. The quantitative estimate of drug-likeness (QED) is 0.157. The molecule has 1 aliphatic heterocycles. The number of benzene rings is 2. The smallest absolute Gasteiger partial charge is 0.387 e. The molecule has 2 amide bonds. The molecule has 1 saturated heterocycles. The zero-order chi connectivity index (χ0) is 32.2. The number of hydrogen-bond acceptors (Lipinski definition) is 8. The third-order valence-corrected chi connectivity index (χ3v) is 9.03. The van der Waals surface area contributed by atoms with Crippen LogP contribution in [0, 0.1) is 11.1 Å². The van der Waals surface area contributed by atoms with Crippen LogP contribution in [0.3, 0.4) is 0 Å². The van der Waals surface area contributed by atoms with Gasteiger partial charge < -0.3 is 30.1 Å². The van der Waals surface area contributed by atoms with Crippen LogP contribution in [0.1, 0.15) is 50.8 Å². The molecule has 2 atom stereocenters. The van der Waals surface area contributed by atoms with Gasteiger partial charge in [0.25, 0.3) is 5.91 Å². The lowest BCUT2D eigenvalue weighted by molar-refractivity contribution is -0.605. The molecule has 0 spiro atoms. The summed E-state index contributed by atoms with van der Waals surface area (Å²) in [5, 5.41) is 10.9. The van der Waals surface area contributed by atoms with Gasteiger partial charge in [-0.25, -0.2) is 4.79 Å². The standard InChI is InChI=1S/C30H27Cl2F2N3O7S/c31-21-13-36(41)14-22(32)20(21)12-24(19-7-8-23(44-30(33)34)25(11-19)42-15-16-1-2-16)43-29(40)28-37(9-10-45-28)27(39)18-5-3-17(4-6-18)26(35)38/h3-8,11,13-14,16,24,28,30H,1-2,9-10,12,15H2,(H2,35,38). The highest BCUT2D eigenvalue weighted by atomic mass is 35.5. The molecule has 1 aromatic heterocycles. The number of aromatic nitrogens is 1. The number of nitrogens with two attached hydrogens (primary N) is 1.